The molecule has 2 heterocycles. The summed E-state index contributed by atoms with van der Waals surface area (Å²) in [4.78, 5) is 15.9. The van der Waals surface area contributed by atoms with Crippen molar-refractivity contribution in [3.05, 3.63) is 47.7 Å². The van der Waals surface area contributed by atoms with Crippen LogP contribution in [-0.2, 0) is 10.2 Å². The predicted octanol–water partition coefficient (Wildman–Crippen LogP) is 1.98. The van der Waals surface area contributed by atoms with E-state index in [1.165, 1.54) is 19.1 Å². The maximum Gasteiger partial charge on any atom is 0.341 e. The van der Waals surface area contributed by atoms with Crippen molar-refractivity contribution in [3.63, 3.8) is 0 Å². The van der Waals surface area contributed by atoms with Crippen LogP contribution in [0.5, 0.6) is 0 Å². The molecular formula is C18H19N3O2. The van der Waals surface area contributed by atoms with Crippen molar-refractivity contribution in [3.8, 4) is 11.1 Å². The van der Waals surface area contributed by atoms with Crippen molar-refractivity contribution < 1.29 is 9.53 Å². The first-order valence-electron chi connectivity index (χ1n) is 7.79. The molecule has 118 valence electrons. The van der Waals surface area contributed by atoms with Gasteiger partial charge in [0, 0.05) is 23.7 Å². The number of aromatic nitrogens is 1. The third-order valence-electron chi connectivity index (χ3n) is 5.18. The number of rotatable bonds is 3. The van der Waals surface area contributed by atoms with Gasteiger partial charge in [-0.05, 0) is 36.1 Å². The molecule has 2 unspecified atom stereocenters. The monoisotopic (exact) mass is 309 g/mol. The van der Waals surface area contributed by atoms with E-state index in [0.29, 0.717) is 11.0 Å². The average Bonchev–Trinajstić information content (AvgIpc) is 3.16. The van der Waals surface area contributed by atoms with Crippen molar-refractivity contribution in [2.75, 3.05) is 25.9 Å². The Hall–Kier alpha value is -2.40. The number of hydrogen-bond acceptors (Lipinski definition) is 5. The van der Waals surface area contributed by atoms with Crippen LogP contribution in [0.4, 0.5) is 5.82 Å². The Morgan fingerprint density at radius 3 is 2.74 bits per heavy atom. The Bertz CT molecular complexity index is 772. The first kappa shape index (κ1) is 14.2. The minimum Gasteiger partial charge on any atom is -0.465 e. The second kappa shape index (κ2) is 5.06. The number of nitrogen functional groups attached to an aromatic ring is 1. The SMILES string of the molecule is COC(=O)c1cc(-c2ccc(C34CNCC3C4)cc2)cnc1N. The fraction of sp³-hybridized carbons (Fsp3) is 0.333. The quantitative estimate of drug-likeness (QED) is 0.848. The minimum atomic E-state index is -0.467. The highest BCUT2D eigenvalue weighted by atomic mass is 16.5. The number of methoxy groups -OCH3 is 1. The van der Waals surface area contributed by atoms with Gasteiger partial charge in [0.2, 0.25) is 0 Å². The summed E-state index contributed by atoms with van der Waals surface area (Å²) < 4.78 is 4.75. The second-order valence-corrected chi connectivity index (χ2v) is 6.41. The molecule has 5 heteroatoms. The molecule has 1 aromatic carbocycles. The molecule has 5 nitrogen and oxygen atoms in total. The maximum absolute atomic E-state index is 11.7. The second-order valence-electron chi connectivity index (χ2n) is 6.41. The third-order valence-corrected chi connectivity index (χ3v) is 5.18. The van der Waals surface area contributed by atoms with Gasteiger partial charge >= 0.3 is 5.97 Å². The highest BCUT2D eigenvalue weighted by Crippen LogP contribution is 2.56. The topological polar surface area (TPSA) is 77.2 Å². The zero-order valence-electron chi connectivity index (χ0n) is 13.0. The number of ether oxygens (including phenoxy) is 1. The highest BCUT2D eigenvalue weighted by Gasteiger charge is 2.57. The molecule has 0 radical (unpaired) electrons. The lowest BCUT2D eigenvalue weighted by Crippen LogP contribution is -2.19. The van der Waals surface area contributed by atoms with Crippen molar-refractivity contribution in [1.82, 2.24) is 10.3 Å². The van der Waals surface area contributed by atoms with Gasteiger partial charge in [0.05, 0.1) is 7.11 Å². The lowest BCUT2D eigenvalue weighted by molar-refractivity contribution is 0.0601. The number of nitrogens with zero attached hydrogens (tertiary/aromatic N) is 1. The number of carbonyl (C=O) groups is 1. The van der Waals surface area contributed by atoms with E-state index in [4.69, 9.17) is 10.5 Å². The van der Waals surface area contributed by atoms with E-state index in [1.807, 2.05) is 0 Å². The standard InChI is InChI=1S/C18H19N3O2/c1-23-17(22)15-6-12(8-21-16(15)19)11-2-4-13(5-3-11)18-7-14(18)9-20-10-18/h2-6,8,14,20H,7,9-10H2,1H3,(H2,19,21). The lowest BCUT2D eigenvalue weighted by atomic mass is 9.93. The average molecular weight is 309 g/mol. The van der Waals surface area contributed by atoms with E-state index in [1.54, 1.807) is 12.3 Å². The van der Waals surface area contributed by atoms with Gasteiger partial charge < -0.3 is 15.8 Å². The minimum absolute atomic E-state index is 0.189. The summed E-state index contributed by atoms with van der Waals surface area (Å²) in [7, 11) is 1.34. The molecule has 0 spiro atoms. The summed E-state index contributed by atoms with van der Waals surface area (Å²) >= 11 is 0. The number of nitrogens with one attached hydrogen (secondary N) is 1. The zero-order valence-corrected chi connectivity index (χ0v) is 13.0. The van der Waals surface area contributed by atoms with Gasteiger partial charge in [0.25, 0.3) is 0 Å². The summed E-state index contributed by atoms with van der Waals surface area (Å²) in [5, 5.41) is 3.46. The molecule has 1 aromatic heterocycles. The molecule has 1 saturated carbocycles. The van der Waals surface area contributed by atoms with Crippen molar-refractivity contribution in [1.29, 1.82) is 0 Å². The van der Waals surface area contributed by atoms with E-state index in [9.17, 15) is 4.79 Å². The molecule has 1 aliphatic carbocycles. The normalized spacial score (nSPS) is 25.0. The molecule has 23 heavy (non-hydrogen) atoms. The molecule has 0 amide bonds. The molecule has 4 rings (SSSR count). The first-order chi connectivity index (χ1) is 11.1. The Labute approximate surface area is 134 Å². The van der Waals surface area contributed by atoms with Crippen LogP contribution in [0.15, 0.2) is 36.5 Å². The van der Waals surface area contributed by atoms with E-state index in [2.05, 4.69) is 34.6 Å². The Morgan fingerprint density at radius 2 is 2.13 bits per heavy atom. The summed E-state index contributed by atoms with van der Waals surface area (Å²) in [6, 6.07) is 10.3. The zero-order chi connectivity index (χ0) is 16.0. The summed E-state index contributed by atoms with van der Waals surface area (Å²) in [5.74, 6) is 0.511. The van der Waals surface area contributed by atoms with Gasteiger partial charge in [-0.15, -0.1) is 0 Å². The third kappa shape index (κ3) is 2.19. The highest BCUT2D eigenvalue weighted by molar-refractivity contribution is 5.95. The van der Waals surface area contributed by atoms with Crippen LogP contribution in [0, 0.1) is 5.92 Å². The summed E-state index contributed by atoms with van der Waals surface area (Å²) in [6.45, 7) is 2.21. The van der Waals surface area contributed by atoms with E-state index in [-0.39, 0.29) is 5.82 Å². The number of piperidine rings is 1. The first-order valence-corrected chi connectivity index (χ1v) is 7.79. The molecule has 0 bridgehead atoms. The van der Waals surface area contributed by atoms with Crippen LogP contribution < -0.4 is 11.1 Å². The Kier molecular flexibility index (Phi) is 3.13. The molecule has 1 saturated heterocycles. The lowest BCUT2D eigenvalue weighted by Gasteiger charge is -2.13. The van der Waals surface area contributed by atoms with Crippen molar-refractivity contribution in [2.24, 2.45) is 5.92 Å². The van der Waals surface area contributed by atoms with Gasteiger partial charge in [-0.1, -0.05) is 24.3 Å². The number of fused-ring (bicyclic) bond motifs is 1. The fourth-order valence-corrected chi connectivity index (χ4v) is 3.69. The number of nitrogens with two attached hydrogens (primary N) is 1. The number of anilines is 1. The largest absolute Gasteiger partial charge is 0.465 e. The number of carbonyl (C=O) groups excluding carboxylic acids is 1. The van der Waals surface area contributed by atoms with Crippen LogP contribution in [-0.4, -0.2) is 31.2 Å². The fourth-order valence-electron chi connectivity index (χ4n) is 3.69. The van der Waals surface area contributed by atoms with Crippen LogP contribution in [0.1, 0.15) is 22.3 Å². The Balaban J connectivity index is 1.65. The number of benzene rings is 1. The Morgan fingerprint density at radius 1 is 1.35 bits per heavy atom. The van der Waals surface area contributed by atoms with Crippen LogP contribution in [0.2, 0.25) is 0 Å². The molecule has 2 aliphatic rings. The molecule has 2 atom stereocenters. The molecule has 2 aromatic rings. The smallest absolute Gasteiger partial charge is 0.341 e. The van der Waals surface area contributed by atoms with Gasteiger partial charge in [-0.3, -0.25) is 0 Å². The molecule has 3 N–H and O–H groups in total. The summed E-state index contributed by atoms with van der Waals surface area (Å²) in [6.07, 6.45) is 2.97. The van der Waals surface area contributed by atoms with Gasteiger partial charge in [0.1, 0.15) is 11.4 Å². The summed E-state index contributed by atoms with van der Waals surface area (Å²) in [5.41, 5.74) is 9.69. The van der Waals surface area contributed by atoms with Gasteiger partial charge in [0.15, 0.2) is 0 Å². The van der Waals surface area contributed by atoms with Crippen LogP contribution in [0.3, 0.4) is 0 Å². The molecular weight excluding hydrogens is 290 g/mol. The van der Waals surface area contributed by atoms with Crippen LogP contribution >= 0.6 is 0 Å². The molecule has 2 fully saturated rings. The van der Waals surface area contributed by atoms with Gasteiger partial charge in [-0.25, -0.2) is 9.78 Å². The van der Waals surface area contributed by atoms with Crippen molar-refractivity contribution in [2.45, 2.75) is 11.8 Å². The van der Waals surface area contributed by atoms with Crippen LogP contribution in [0.25, 0.3) is 11.1 Å². The predicted molar refractivity (Wildman–Crippen MR) is 88.1 cm³/mol. The van der Waals surface area contributed by atoms with Gasteiger partial charge in [-0.2, -0.15) is 0 Å². The number of esters is 1. The number of pyridine rings is 1. The van der Waals surface area contributed by atoms with Crippen molar-refractivity contribution >= 4 is 11.8 Å². The maximum atomic E-state index is 11.7. The van der Waals surface area contributed by atoms with E-state index in [0.717, 1.165) is 30.1 Å². The number of hydrogen-bond donors (Lipinski definition) is 2. The molecule has 1 aliphatic heterocycles. The van der Waals surface area contributed by atoms with E-state index >= 15 is 0 Å². The van der Waals surface area contributed by atoms with E-state index < -0.39 is 5.97 Å².